The number of amides is 1. The first-order chi connectivity index (χ1) is 23.9. The van der Waals surface area contributed by atoms with Crippen LogP contribution in [-0.4, -0.2) is 79.6 Å². The number of nitrogens with one attached hydrogen (secondary N) is 2. The SMILES string of the molecule is COC(=O)[C@]1(C)Nc2c(OC(=O)Oc3ccc([N+](=O)[O-])cc3)cc3c(c2C1=O)[C@H](CBr)CN3C(=O)c1cc2cc(OC)c(OC)c(OC)c2[nH]1. The van der Waals surface area contributed by atoms with Crippen molar-refractivity contribution >= 4 is 67.7 Å². The second-order valence-electron chi connectivity index (χ2n) is 11.4. The number of anilines is 2. The first-order valence-electron chi connectivity index (χ1n) is 14.9. The molecule has 0 saturated carbocycles. The van der Waals surface area contributed by atoms with E-state index in [1.165, 1.54) is 51.4 Å². The lowest BCUT2D eigenvalue weighted by molar-refractivity contribution is -0.384. The third kappa shape index (κ3) is 5.39. The lowest BCUT2D eigenvalue weighted by Gasteiger charge is -2.20. The third-order valence-corrected chi connectivity index (χ3v) is 9.37. The number of rotatable bonds is 9. The Morgan fingerprint density at radius 3 is 2.30 bits per heavy atom. The second kappa shape index (κ2) is 12.9. The molecule has 16 nitrogen and oxygen atoms in total. The van der Waals surface area contributed by atoms with Gasteiger partial charge >= 0.3 is 12.1 Å². The van der Waals surface area contributed by atoms with Gasteiger partial charge in [-0.15, -0.1) is 0 Å². The minimum absolute atomic E-state index is 0.0251. The zero-order chi connectivity index (χ0) is 36.1. The maximum absolute atomic E-state index is 14.3. The number of carbonyl (C=O) groups excluding carboxylic acids is 4. The topological polar surface area (TPSA) is 198 Å². The van der Waals surface area contributed by atoms with Crippen molar-refractivity contribution in [2.75, 3.05) is 50.5 Å². The highest BCUT2D eigenvalue weighted by atomic mass is 79.9. The minimum atomic E-state index is -1.88. The summed E-state index contributed by atoms with van der Waals surface area (Å²) < 4.78 is 32.3. The molecule has 3 aromatic carbocycles. The highest BCUT2D eigenvalue weighted by Gasteiger charge is 2.53. The fraction of sp³-hybridized carbons (Fsp3) is 0.273. The summed E-state index contributed by atoms with van der Waals surface area (Å²) in [5, 5.41) is 14.8. The number of hydrogen-bond donors (Lipinski definition) is 2. The Morgan fingerprint density at radius 2 is 1.70 bits per heavy atom. The molecule has 0 radical (unpaired) electrons. The van der Waals surface area contributed by atoms with Gasteiger partial charge in [-0.2, -0.15) is 0 Å². The summed E-state index contributed by atoms with van der Waals surface area (Å²) in [6.07, 6.45) is -1.25. The predicted octanol–water partition coefficient (Wildman–Crippen LogP) is 5.36. The zero-order valence-corrected chi connectivity index (χ0v) is 28.8. The Balaban J connectivity index is 1.44. The first-order valence-corrected chi connectivity index (χ1v) is 16.0. The molecule has 0 spiro atoms. The van der Waals surface area contributed by atoms with Gasteiger partial charge in [0.25, 0.3) is 11.6 Å². The number of fused-ring (bicyclic) bond motifs is 4. The summed E-state index contributed by atoms with van der Waals surface area (Å²) in [7, 11) is 5.53. The summed E-state index contributed by atoms with van der Waals surface area (Å²) in [5.41, 5.74) is -0.690. The van der Waals surface area contributed by atoms with Crippen LogP contribution in [0, 0.1) is 10.1 Å². The van der Waals surface area contributed by atoms with Gasteiger partial charge < -0.3 is 43.6 Å². The lowest BCUT2D eigenvalue weighted by atomic mass is 9.89. The molecule has 1 aromatic heterocycles. The van der Waals surface area contributed by atoms with E-state index >= 15 is 0 Å². The molecule has 50 heavy (non-hydrogen) atoms. The van der Waals surface area contributed by atoms with Gasteiger partial charge in [-0.3, -0.25) is 19.7 Å². The third-order valence-electron chi connectivity index (χ3n) is 8.59. The van der Waals surface area contributed by atoms with Crippen molar-refractivity contribution < 1.29 is 52.5 Å². The van der Waals surface area contributed by atoms with E-state index in [2.05, 4.69) is 26.2 Å². The van der Waals surface area contributed by atoms with E-state index in [9.17, 15) is 29.3 Å². The molecule has 2 atom stereocenters. The molecule has 0 unspecified atom stereocenters. The number of methoxy groups -OCH3 is 4. The van der Waals surface area contributed by atoms with Crippen LogP contribution in [-0.2, 0) is 9.53 Å². The molecule has 17 heteroatoms. The smallest absolute Gasteiger partial charge is 0.493 e. The predicted molar refractivity (Wildman–Crippen MR) is 181 cm³/mol. The number of hydrogen-bond acceptors (Lipinski definition) is 13. The molecule has 260 valence electrons. The van der Waals surface area contributed by atoms with E-state index in [1.807, 2.05) is 0 Å². The molecule has 2 aliphatic heterocycles. The number of nitrogens with zero attached hydrogens (tertiary/aromatic N) is 2. The first kappa shape index (κ1) is 34.0. The molecule has 6 rings (SSSR count). The molecule has 3 heterocycles. The number of aromatic amines is 1. The van der Waals surface area contributed by atoms with E-state index in [0.29, 0.717) is 39.0 Å². The maximum atomic E-state index is 14.3. The van der Waals surface area contributed by atoms with Crippen LogP contribution in [0.25, 0.3) is 10.9 Å². The fourth-order valence-electron chi connectivity index (χ4n) is 6.22. The summed E-state index contributed by atoms with van der Waals surface area (Å²) in [6, 6.07) is 9.44. The van der Waals surface area contributed by atoms with Crippen LogP contribution in [0.2, 0.25) is 0 Å². The lowest BCUT2D eigenvalue weighted by Crippen LogP contribution is -2.47. The van der Waals surface area contributed by atoms with Gasteiger partial charge in [0, 0.05) is 41.4 Å². The van der Waals surface area contributed by atoms with Crippen LogP contribution in [0.4, 0.5) is 21.9 Å². The molecule has 0 fully saturated rings. The van der Waals surface area contributed by atoms with Crippen molar-refractivity contribution in [3.8, 4) is 28.7 Å². The number of nitro groups is 1. The largest absolute Gasteiger partial charge is 0.519 e. The van der Waals surface area contributed by atoms with Crippen LogP contribution in [0.15, 0.2) is 42.5 Å². The van der Waals surface area contributed by atoms with Crippen molar-refractivity contribution in [1.29, 1.82) is 0 Å². The summed E-state index contributed by atoms with van der Waals surface area (Å²) >= 11 is 3.51. The van der Waals surface area contributed by atoms with Crippen LogP contribution >= 0.6 is 15.9 Å². The number of ether oxygens (including phenoxy) is 6. The highest BCUT2D eigenvalue weighted by molar-refractivity contribution is 9.09. The Labute approximate surface area is 291 Å². The fourth-order valence-corrected chi connectivity index (χ4v) is 6.75. The van der Waals surface area contributed by atoms with E-state index in [1.54, 1.807) is 12.1 Å². The Morgan fingerprint density at radius 1 is 1.00 bits per heavy atom. The summed E-state index contributed by atoms with van der Waals surface area (Å²) in [6.45, 7) is 1.46. The van der Waals surface area contributed by atoms with Crippen LogP contribution in [0.5, 0.6) is 28.7 Å². The molecular formula is C33H29BrN4O12. The van der Waals surface area contributed by atoms with Gasteiger partial charge in [0.05, 0.1) is 55.8 Å². The van der Waals surface area contributed by atoms with E-state index in [-0.39, 0.29) is 46.4 Å². The number of Topliss-reactive ketones (excluding diaryl/α,β-unsaturated/α-hetero) is 1. The zero-order valence-electron chi connectivity index (χ0n) is 27.2. The minimum Gasteiger partial charge on any atom is -0.493 e. The average Bonchev–Trinajstić information content (AvgIpc) is 3.78. The van der Waals surface area contributed by atoms with Crippen molar-refractivity contribution in [1.82, 2.24) is 4.98 Å². The molecule has 0 bridgehead atoms. The highest BCUT2D eigenvalue weighted by Crippen LogP contribution is 2.52. The van der Waals surface area contributed by atoms with Crippen molar-refractivity contribution in [3.05, 3.63) is 69.4 Å². The standard InChI is InChI=1S/C33H29BrN4O12/c1-33(31(41)48-5)29(39)24-23-16(13-34)14-37(30(40)19-10-15-11-22(45-2)27(46-3)28(47-4)25(15)35-19)20(23)12-21(26(24)36-33)50-32(42)49-18-8-6-17(7-9-18)38(43)44/h6-12,16,35-36H,13-14H2,1-5H3/t16-,33-/m1/s1. The van der Waals surface area contributed by atoms with Gasteiger partial charge in [-0.25, -0.2) is 9.59 Å². The van der Waals surface area contributed by atoms with Crippen molar-refractivity contribution in [3.63, 3.8) is 0 Å². The Hall–Kier alpha value is -5.84. The normalized spacial score (nSPS) is 17.4. The quantitative estimate of drug-likeness (QED) is 0.0554. The maximum Gasteiger partial charge on any atom is 0.519 e. The number of aromatic nitrogens is 1. The van der Waals surface area contributed by atoms with Gasteiger partial charge in [-0.1, -0.05) is 15.9 Å². The summed E-state index contributed by atoms with van der Waals surface area (Å²) in [5.74, 6) is -1.68. The number of alkyl halides is 1. The Kier molecular flexibility index (Phi) is 8.77. The molecule has 2 N–H and O–H groups in total. The number of nitro benzene ring substituents is 1. The molecule has 2 aliphatic rings. The Bertz CT molecular complexity index is 2100. The second-order valence-corrected chi connectivity index (χ2v) is 12.0. The van der Waals surface area contributed by atoms with E-state index in [4.69, 9.17) is 28.4 Å². The van der Waals surface area contributed by atoms with Crippen molar-refractivity contribution in [2.45, 2.75) is 18.4 Å². The number of esters is 1. The number of ketones is 1. The number of carbonyl (C=O) groups is 4. The number of H-pyrrole nitrogens is 1. The van der Waals surface area contributed by atoms with E-state index < -0.39 is 40.2 Å². The van der Waals surface area contributed by atoms with Crippen LogP contribution in [0.3, 0.4) is 0 Å². The molecule has 1 amide bonds. The monoisotopic (exact) mass is 752 g/mol. The van der Waals surface area contributed by atoms with Crippen LogP contribution < -0.4 is 33.9 Å². The molecule has 0 aliphatic carbocycles. The molecular weight excluding hydrogens is 724 g/mol. The molecule has 0 saturated heterocycles. The average molecular weight is 754 g/mol. The van der Waals surface area contributed by atoms with Crippen LogP contribution in [0.1, 0.15) is 39.3 Å². The van der Waals surface area contributed by atoms with E-state index in [0.717, 1.165) is 19.2 Å². The van der Waals surface area contributed by atoms with Gasteiger partial charge in [0.1, 0.15) is 11.4 Å². The van der Waals surface area contributed by atoms with Gasteiger partial charge in [-0.05, 0) is 36.8 Å². The molecule has 4 aromatic rings. The number of non-ortho nitro benzene ring substituents is 1. The summed E-state index contributed by atoms with van der Waals surface area (Å²) in [4.78, 5) is 69.3. The van der Waals surface area contributed by atoms with Gasteiger partial charge in [0.15, 0.2) is 22.8 Å². The van der Waals surface area contributed by atoms with Gasteiger partial charge in [0.2, 0.25) is 11.5 Å². The number of benzene rings is 3. The number of halogens is 1. The van der Waals surface area contributed by atoms with Crippen molar-refractivity contribution in [2.24, 2.45) is 0 Å².